The van der Waals surface area contributed by atoms with Gasteiger partial charge in [-0.25, -0.2) is 9.97 Å². The Morgan fingerprint density at radius 3 is 2.90 bits per heavy atom. The van der Waals surface area contributed by atoms with Gasteiger partial charge in [-0.05, 0) is 44.6 Å². The number of thiophene rings is 1. The van der Waals surface area contributed by atoms with Gasteiger partial charge in [0.15, 0.2) is 0 Å². The van der Waals surface area contributed by atoms with Gasteiger partial charge in [0.2, 0.25) is 5.91 Å². The third-order valence-corrected chi connectivity index (χ3v) is 5.85. The molecule has 0 spiro atoms. The van der Waals surface area contributed by atoms with Crippen molar-refractivity contribution in [3.05, 3.63) is 17.8 Å². The van der Waals surface area contributed by atoms with Crippen molar-refractivity contribution < 1.29 is 4.79 Å². The molecule has 2 atom stereocenters. The van der Waals surface area contributed by atoms with Crippen molar-refractivity contribution in [2.45, 2.75) is 50.2 Å². The van der Waals surface area contributed by atoms with Gasteiger partial charge >= 0.3 is 0 Å². The van der Waals surface area contributed by atoms with E-state index in [1.165, 1.54) is 18.2 Å². The highest BCUT2D eigenvalue weighted by Crippen LogP contribution is 2.29. The molecule has 0 radical (unpaired) electrons. The number of likely N-dealkylation sites (tertiary alicyclic amines) is 1. The molecule has 3 rings (SSSR count). The van der Waals surface area contributed by atoms with E-state index in [0.29, 0.717) is 17.8 Å². The summed E-state index contributed by atoms with van der Waals surface area (Å²) in [6.07, 6.45) is 5.03. The second-order valence-electron chi connectivity index (χ2n) is 5.54. The van der Waals surface area contributed by atoms with Crippen LogP contribution in [-0.4, -0.2) is 38.6 Å². The first-order chi connectivity index (χ1) is 10.2. The van der Waals surface area contributed by atoms with Crippen molar-refractivity contribution in [2.75, 3.05) is 5.75 Å². The highest BCUT2D eigenvalue weighted by atomic mass is 32.2. The minimum atomic E-state index is 0.224. The van der Waals surface area contributed by atoms with Crippen LogP contribution in [-0.2, 0) is 4.79 Å². The molecule has 0 bridgehead atoms. The minimum Gasteiger partial charge on any atom is -0.337 e. The normalized spacial score (nSPS) is 22.7. The Labute approximate surface area is 133 Å². The smallest absolute Gasteiger partial charge is 0.233 e. The lowest BCUT2D eigenvalue weighted by Gasteiger charge is -2.39. The third-order valence-electron chi connectivity index (χ3n) is 4.04. The summed E-state index contributed by atoms with van der Waals surface area (Å²) in [5.74, 6) is 0.679. The summed E-state index contributed by atoms with van der Waals surface area (Å²) >= 11 is 3.13. The van der Waals surface area contributed by atoms with Gasteiger partial charge in [-0.1, -0.05) is 11.8 Å². The van der Waals surface area contributed by atoms with Gasteiger partial charge in [-0.15, -0.1) is 11.3 Å². The minimum absolute atomic E-state index is 0.224. The van der Waals surface area contributed by atoms with Crippen molar-refractivity contribution in [3.63, 3.8) is 0 Å². The standard InChI is InChI=1S/C15H19N3OS2/c1-10-4-3-5-11(2)18(10)13(19)8-21-15-12-6-7-20-14(12)16-9-17-15/h6-7,9-11H,3-5,8H2,1-2H3/t10-,11-/m0/s1. The van der Waals surface area contributed by atoms with Gasteiger partial charge in [0.05, 0.1) is 5.75 Å². The maximum Gasteiger partial charge on any atom is 0.233 e. The first kappa shape index (κ1) is 14.8. The Hall–Kier alpha value is -1.14. The lowest BCUT2D eigenvalue weighted by molar-refractivity contribution is -0.134. The van der Waals surface area contributed by atoms with Gasteiger partial charge in [0, 0.05) is 17.5 Å². The van der Waals surface area contributed by atoms with Crippen molar-refractivity contribution in [2.24, 2.45) is 0 Å². The number of nitrogens with zero attached hydrogens (tertiary/aromatic N) is 3. The van der Waals surface area contributed by atoms with E-state index in [0.717, 1.165) is 28.1 Å². The van der Waals surface area contributed by atoms with Crippen LogP contribution in [0.15, 0.2) is 22.8 Å². The molecule has 2 aromatic heterocycles. The zero-order valence-electron chi connectivity index (χ0n) is 12.3. The maximum absolute atomic E-state index is 12.5. The fourth-order valence-electron chi connectivity index (χ4n) is 3.00. The van der Waals surface area contributed by atoms with Crippen LogP contribution < -0.4 is 0 Å². The Morgan fingerprint density at radius 1 is 1.38 bits per heavy atom. The van der Waals surface area contributed by atoms with E-state index in [9.17, 15) is 4.79 Å². The van der Waals surface area contributed by atoms with E-state index in [1.807, 2.05) is 11.4 Å². The topological polar surface area (TPSA) is 46.1 Å². The quantitative estimate of drug-likeness (QED) is 0.640. The van der Waals surface area contributed by atoms with E-state index in [1.54, 1.807) is 17.7 Å². The Balaban J connectivity index is 1.69. The molecule has 6 heteroatoms. The number of amides is 1. The fourth-order valence-corrected chi connectivity index (χ4v) is 4.65. The summed E-state index contributed by atoms with van der Waals surface area (Å²) in [4.78, 5) is 24.1. The average Bonchev–Trinajstić information content (AvgIpc) is 2.93. The predicted molar refractivity (Wildman–Crippen MR) is 87.8 cm³/mol. The predicted octanol–water partition coefficient (Wildman–Crippen LogP) is 3.57. The van der Waals surface area contributed by atoms with E-state index < -0.39 is 0 Å². The fraction of sp³-hybridized carbons (Fsp3) is 0.533. The molecule has 1 aliphatic heterocycles. The molecule has 1 saturated heterocycles. The van der Waals surface area contributed by atoms with Crippen molar-refractivity contribution in [1.29, 1.82) is 0 Å². The number of piperidine rings is 1. The molecule has 0 saturated carbocycles. The van der Waals surface area contributed by atoms with Gasteiger partial charge < -0.3 is 4.90 Å². The number of thioether (sulfide) groups is 1. The summed E-state index contributed by atoms with van der Waals surface area (Å²) in [7, 11) is 0. The van der Waals surface area contributed by atoms with Crippen LogP contribution in [0.5, 0.6) is 0 Å². The first-order valence-corrected chi connectivity index (χ1v) is 9.15. The Morgan fingerprint density at radius 2 is 2.14 bits per heavy atom. The molecule has 0 unspecified atom stereocenters. The number of fused-ring (bicyclic) bond motifs is 1. The monoisotopic (exact) mass is 321 g/mol. The largest absolute Gasteiger partial charge is 0.337 e. The summed E-state index contributed by atoms with van der Waals surface area (Å²) in [5.41, 5.74) is 0. The lowest BCUT2D eigenvalue weighted by atomic mass is 9.98. The number of rotatable bonds is 3. The second-order valence-corrected chi connectivity index (χ2v) is 7.40. The average molecular weight is 321 g/mol. The maximum atomic E-state index is 12.5. The molecule has 1 aliphatic rings. The van der Waals surface area contributed by atoms with Crippen LogP contribution in [0, 0.1) is 0 Å². The summed E-state index contributed by atoms with van der Waals surface area (Å²) in [6, 6.07) is 2.74. The highest BCUT2D eigenvalue weighted by Gasteiger charge is 2.28. The number of hydrogen-bond acceptors (Lipinski definition) is 5. The molecule has 0 aliphatic carbocycles. The van der Waals surface area contributed by atoms with Crippen LogP contribution >= 0.6 is 23.1 Å². The number of aromatic nitrogens is 2. The van der Waals surface area contributed by atoms with Crippen LogP contribution in [0.2, 0.25) is 0 Å². The van der Waals surface area contributed by atoms with E-state index in [4.69, 9.17) is 0 Å². The molecule has 3 heterocycles. The van der Waals surface area contributed by atoms with Crippen molar-refractivity contribution in [3.8, 4) is 0 Å². The van der Waals surface area contributed by atoms with E-state index in [-0.39, 0.29) is 5.91 Å². The van der Waals surface area contributed by atoms with E-state index >= 15 is 0 Å². The number of carbonyl (C=O) groups excluding carboxylic acids is 1. The molecular formula is C15H19N3OS2. The molecule has 112 valence electrons. The molecule has 0 N–H and O–H groups in total. The van der Waals surface area contributed by atoms with Crippen LogP contribution in [0.1, 0.15) is 33.1 Å². The molecule has 2 aromatic rings. The van der Waals surface area contributed by atoms with Crippen LogP contribution in [0.3, 0.4) is 0 Å². The zero-order valence-corrected chi connectivity index (χ0v) is 13.9. The summed E-state index contributed by atoms with van der Waals surface area (Å²) in [6.45, 7) is 4.31. The Kier molecular flexibility index (Phi) is 4.45. The van der Waals surface area contributed by atoms with Gasteiger partial charge in [-0.3, -0.25) is 4.79 Å². The molecular weight excluding hydrogens is 302 g/mol. The lowest BCUT2D eigenvalue weighted by Crippen LogP contribution is -2.48. The molecule has 0 aromatic carbocycles. The summed E-state index contributed by atoms with van der Waals surface area (Å²) < 4.78 is 0. The highest BCUT2D eigenvalue weighted by molar-refractivity contribution is 8.00. The molecule has 4 nitrogen and oxygen atoms in total. The zero-order chi connectivity index (χ0) is 14.8. The van der Waals surface area contributed by atoms with Crippen LogP contribution in [0.25, 0.3) is 10.2 Å². The van der Waals surface area contributed by atoms with Gasteiger partial charge in [0.1, 0.15) is 16.2 Å². The first-order valence-electron chi connectivity index (χ1n) is 7.29. The van der Waals surface area contributed by atoms with Crippen LogP contribution in [0.4, 0.5) is 0 Å². The van der Waals surface area contributed by atoms with Gasteiger partial charge in [-0.2, -0.15) is 0 Å². The van der Waals surface area contributed by atoms with E-state index in [2.05, 4.69) is 28.7 Å². The number of hydrogen-bond donors (Lipinski definition) is 0. The SMILES string of the molecule is C[C@H]1CCC[C@H](C)N1C(=O)CSc1ncnc2sccc12. The third kappa shape index (κ3) is 3.06. The molecule has 1 fully saturated rings. The summed E-state index contributed by atoms with van der Waals surface area (Å²) in [5, 5.41) is 3.98. The van der Waals surface area contributed by atoms with Gasteiger partial charge in [0.25, 0.3) is 0 Å². The molecule has 21 heavy (non-hydrogen) atoms. The molecule has 1 amide bonds. The Bertz CT molecular complexity index is 633. The second kappa shape index (κ2) is 6.32. The van der Waals surface area contributed by atoms with Crippen molar-refractivity contribution >= 4 is 39.2 Å². The van der Waals surface area contributed by atoms with Crippen molar-refractivity contribution in [1.82, 2.24) is 14.9 Å². The number of carbonyl (C=O) groups is 1.